The number of hydrogen-bond donors (Lipinski definition) is 0. The summed E-state index contributed by atoms with van der Waals surface area (Å²) in [5.41, 5.74) is 9.81. The smallest absolute Gasteiger partial charge is 0.140 e. The molecule has 0 atom stereocenters. The van der Waals surface area contributed by atoms with Crippen molar-refractivity contribution in [3.63, 3.8) is 0 Å². The van der Waals surface area contributed by atoms with Crippen LogP contribution in [0.4, 0.5) is 5.82 Å². The molecule has 74 valence electrons. The third-order valence-electron chi connectivity index (χ3n) is 1.73. The number of azide groups is 1. The fourth-order valence-corrected chi connectivity index (χ4v) is 2.01. The second-order valence-electron chi connectivity index (χ2n) is 2.56. The van der Waals surface area contributed by atoms with Crippen molar-refractivity contribution in [1.82, 2.24) is 9.97 Å². The summed E-state index contributed by atoms with van der Waals surface area (Å²) in [6.45, 7) is 0. The number of hydrogen-bond acceptors (Lipinski definition) is 4. The van der Waals surface area contributed by atoms with E-state index in [4.69, 9.17) is 17.1 Å². The first-order valence-corrected chi connectivity index (χ1v) is 5.23. The summed E-state index contributed by atoms with van der Waals surface area (Å²) < 4.78 is 0. The van der Waals surface area contributed by atoms with Crippen molar-refractivity contribution in [2.75, 3.05) is 0 Å². The molecular weight excluding hydrogens is 234 g/mol. The minimum atomic E-state index is 0.246. The lowest BCUT2D eigenvalue weighted by molar-refractivity contribution is 1.15. The van der Waals surface area contributed by atoms with Gasteiger partial charge in [0.2, 0.25) is 0 Å². The van der Waals surface area contributed by atoms with Gasteiger partial charge in [-0.3, -0.25) is 0 Å². The molecule has 2 aromatic rings. The second-order valence-corrected chi connectivity index (χ2v) is 3.70. The van der Waals surface area contributed by atoms with Crippen LogP contribution in [-0.4, -0.2) is 9.97 Å². The standard InChI is InChI=1S/C8H4ClN5S/c9-7-6(5-1-2-15-3-5)8(13-14-10)12-4-11-7/h1-4H. The molecule has 0 bridgehead atoms. The van der Waals surface area contributed by atoms with Gasteiger partial charge in [-0.2, -0.15) is 11.3 Å². The van der Waals surface area contributed by atoms with Gasteiger partial charge in [0.25, 0.3) is 0 Å². The number of nitrogens with zero attached hydrogens (tertiary/aromatic N) is 5. The molecule has 0 radical (unpaired) electrons. The summed E-state index contributed by atoms with van der Waals surface area (Å²) in [6, 6.07) is 1.87. The lowest BCUT2D eigenvalue weighted by Crippen LogP contribution is -1.85. The fraction of sp³-hybridized carbons (Fsp3) is 0. The molecule has 5 nitrogen and oxygen atoms in total. The second kappa shape index (κ2) is 4.27. The van der Waals surface area contributed by atoms with Crippen LogP contribution in [0.15, 0.2) is 28.3 Å². The van der Waals surface area contributed by atoms with Gasteiger partial charge < -0.3 is 0 Å². The molecule has 7 heteroatoms. The third-order valence-corrected chi connectivity index (χ3v) is 2.70. The summed E-state index contributed by atoms with van der Waals surface area (Å²) in [6.07, 6.45) is 1.27. The molecule has 2 aromatic heterocycles. The molecule has 0 saturated heterocycles. The predicted octanol–water partition coefficient (Wildman–Crippen LogP) is 3.80. The molecule has 2 rings (SSSR count). The van der Waals surface area contributed by atoms with E-state index in [0.29, 0.717) is 5.56 Å². The molecule has 0 N–H and O–H groups in total. The third kappa shape index (κ3) is 1.92. The first-order valence-electron chi connectivity index (χ1n) is 3.91. The van der Waals surface area contributed by atoms with E-state index in [1.807, 2.05) is 16.8 Å². The average molecular weight is 238 g/mol. The Morgan fingerprint density at radius 2 is 2.33 bits per heavy atom. The minimum Gasteiger partial charge on any atom is -0.234 e. The van der Waals surface area contributed by atoms with E-state index in [9.17, 15) is 0 Å². The van der Waals surface area contributed by atoms with E-state index >= 15 is 0 Å². The lowest BCUT2D eigenvalue weighted by Gasteiger charge is -2.02. The average Bonchev–Trinajstić information content (AvgIpc) is 2.71. The van der Waals surface area contributed by atoms with Crippen LogP contribution in [0, 0.1) is 0 Å². The van der Waals surface area contributed by atoms with Crippen molar-refractivity contribution in [2.24, 2.45) is 5.11 Å². The van der Waals surface area contributed by atoms with Crippen LogP contribution >= 0.6 is 22.9 Å². The topological polar surface area (TPSA) is 74.5 Å². The van der Waals surface area contributed by atoms with E-state index < -0.39 is 0 Å². The molecule has 0 amide bonds. The first-order chi connectivity index (χ1) is 7.33. The van der Waals surface area contributed by atoms with E-state index in [1.165, 1.54) is 17.7 Å². The maximum Gasteiger partial charge on any atom is 0.140 e. The van der Waals surface area contributed by atoms with Crippen molar-refractivity contribution in [3.05, 3.63) is 38.7 Å². The summed E-state index contributed by atoms with van der Waals surface area (Å²) in [5, 5.41) is 7.55. The molecule has 0 aliphatic heterocycles. The van der Waals surface area contributed by atoms with Gasteiger partial charge in [-0.15, -0.1) is 0 Å². The number of rotatable bonds is 2. The summed E-state index contributed by atoms with van der Waals surface area (Å²) in [4.78, 5) is 10.4. The van der Waals surface area contributed by atoms with Crippen LogP contribution in [0.2, 0.25) is 5.15 Å². The molecule has 0 fully saturated rings. The maximum atomic E-state index is 8.39. The largest absolute Gasteiger partial charge is 0.234 e. The highest BCUT2D eigenvalue weighted by Crippen LogP contribution is 2.34. The zero-order valence-electron chi connectivity index (χ0n) is 7.33. The first kappa shape index (κ1) is 9.92. The number of halogens is 1. The zero-order chi connectivity index (χ0) is 10.7. The van der Waals surface area contributed by atoms with E-state index in [-0.39, 0.29) is 11.0 Å². The van der Waals surface area contributed by atoms with Gasteiger partial charge in [-0.05, 0) is 33.0 Å². The van der Waals surface area contributed by atoms with Gasteiger partial charge in [0, 0.05) is 10.5 Å². The fourth-order valence-electron chi connectivity index (χ4n) is 1.13. The van der Waals surface area contributed by atoms with Crippen molar-refractivity contribution < 1.29 is 0 Å². The van der Waals surface area contributed by atoms with Crippen LogP contribution in [0.1, 0.15) is 0 Å². The van der Waals surface area contributed by atoms with Crippen molar-refractivity contribution >= 4 is 28.8 Å². The number of thiophene rings is 1. The highest BCUT2D eigenvalue weighted by molar-refractivity contribution is 7.08. The Kier molecular flexibility index (Phi) is 2.82. The molecule has 0 unspecified atom stereocenters. The SMILES string of the molecule is [N-]=[N+]=Nc1ncnc(Cl)c1-c1ccsc1. The van der Waals surface area contributed by atoms with Crippen LogP contribution in [0.25, 0.3) is 21.6 Å². The van der Waals surface area contributed by atoms with Gasteiger partial charge in [0.05, 0.1) is 0 Å². The Morgan fingerprint density at radius 3 is 3.00 bits per heavy atom. The van der Waals surface area contributed by atoms with Gasteiger partial charge in [0.15, 0.2) is 0 Å². The Bertz CT molecular complexity index is 518. The van der Waals surface area contributed by atoms with Crippen molar-refractivity contribution in [1.29, 1.82) is 0 Å². The Balaban J connectivity index is 2.68. The zero-order valence-corrected chi connectivity index (χ0v) is 8.90. The molecule has 0 aromatic carbocycles. The lowest BCUT2D eigenvalue weighted by atomic mass is 10.2. The highest BCUT2D eigenvalue weighted by Gasteiger charge is 2.10. The summed E-state index contributed by atoms with van der Waals surface area (Å²) in [7, 11) is 0. The highest BCUT2D eigenvalue weighted by atomic mass is 35.5. The van der Waals surface area contributed by atoms with Gasteiger partial charge >= 0.3 is 0 Å². The summed E-state index contributed by atoms with van der Waals surface area (Å²) >= 11 is 7.45. The molecule has 0 aliphatic rings. The molecule has 0 aliphatic carbocycles. The van der Waals surface area contributed by atoms with Crippen molar-refractivity contribution in [3.8, 4) is 11.1 Å². The summed E-state index contributed by atoms with van der Waals surface area (Å²) in [5.74, 6) is 0.246. The van der Waals surface area contributed by atoms with E-state index in [2.05, 4.69) is 20.0 Å². The molecule has 0 spiro atoms. The molecular formula is C8H4ClN5S. The van der Waals surface area contributed by atoms with Crippen molar-refractivity contribution in [2.45, 2.75) is 0 Å². The van der Waals surface area contributed by atoms with E-state index in [1.54, 1.807) is 0 Å². The Labute approximate surface area is 94.0 Å². The molecule has 0 saturated carbocycles. The van der Waals surface area contributed by atoms with Crippen LogP contribution < -0.4 is 0 Å². The normalized spacial score (nSPS) is 9.67. The Hall–Kier alpha value is -1.62. The van der Waals surface area contributed by atoms with Crippen LogP contribution in [0.5, 0.6) is 0 Å². The molecule has 2 heterocycles. The quantitative estimate of drug-likeness (QED) is 0.345. The predicted molar refractivity (Wildman–Crippen MR) is 59.2 cm³/mol. The van der Waals surface area contributed by atoms with Gasteiger partial charge in [-0.25, -0.2) is 9.97 Å². The van der Waals surface area contributed by atoms with E-state index in [0.717, 1.165) is 5.56 Å². The van der Waals surface area contributed by atoms with Gasteiger partial charge in [-0.1, -0.05) is 11.6 Å². The number of aromatic nitrogens is 2. The minimum absolute atomic E-state index is 0.246. The maximum absolute atomic E-state index is 8.39. The Morgan fingerprint density at radius 1 is 1.47 bits per heavy atom. The van der Waals surface area contributed by atoms with Crippen LogP contribution in [-0.2, 0) is 0 Å². The monoisotopic (exact) mass is 237 g/mol. The molecule has 15 heavy (non-hydrogen) atoms. The van der Waals surface area contributed by atoms with Gasteiger partial charge in [0.1, 0.15) is 17.3 Å². The van der Waals surface area contributed by atoms with Crippen LogP contribution in [0.3, 0.4) is 0 Å².